The lowest BCUT2D eigenvalue weighted by Gasteiger charge is -2.28. The van der Waals surface area contributed by atoms with Crippen molar-refractivity contribution in [3.8, 4) is 0 Å². The minimum Gasteiger partial charge on any atom is -0.396 e. The van der Waals surface area contributed by atoms with Crippen molar-refractivity contribution in [1.82, 2.24) is 4.98 Å². The highest BCUT2D eigenvalue weighted by molar-refractivity contribution is 5.90. The minimum absolute atomic E-state index is 0.0307. The van der Waals surface area contributed by atoms with Crippen molar-refractivity contribution >= 4 is 23.2 Å². The van der Waals surface area contributed by atoms with E-state index in [0.29, 0.717) is 17.9 Å². The molecule has 0 bridgehead atoms. The van der Waals surface area contributed by atoms with Crippen LogP contribution < -0.4 is 16.0 Å². The van der Waals surface area contributed by atoms with Crippen molar-refractivity contribution < 1.29 is 4.79 Å². The maximum Gasteiger partial charge on any atom is 0.225 e. The normalized spacial score (nSPS) is 15.5. The summed E-state index contributed by atoms with van der Waals surface area (Å²) >= 11 is 0. The standard InChI is InChI=1S/C13H20N4O/c1-2-12(18)15-11-7-6-10(14)13(16-11)17-8-4-3-5-9-17/h6-7H,2-5,8-9,14H2,1H3,(H,15,16,18). The topological polar surface area (TPSA) is 71.2 Å². The molecule has 0 aliphatic carbocycles. The van der Waals surface area contributed by atoms with Crippen molar-refractivity contribution in [1.29, 1.82) is 0 Å². The van der Waals surface area contributed by atoms with Crippen LogP contribution in [0.5, 0.6) is 0 Å². The molecule has 0 radical (unpaired) electrons. The van der Waals surface area contributed by atoms with Crippen molar-refractivity contribution in [3.63, 3.8) is 0 Å². The number of nitrogens with one attached hydrogen (secondary N) is 1. The SMILES string of the molecule is CCC(=O)Nc1ccc(N)c(N2CCCCC2)n1. The molecule has 98 valence electrons. The Labute approximate surface area is 107 Å². The van der Waals surface area contributed by atoms with Crippen molar-refractivity contribution in [2.24, 2.45) is 0 Å². The number of carbonyl (C=O) groups is 1. The monoisotopic (exact) mass is 248 g/mol. The average Bonchev–Trinajstić information content (AvgIpc) is 2.42. The molecule has 1 aromatic heterocycles. The summed E-state index contributed by atoms with van der Waals surface area (Å²) in [7, 11) is 0. The molecule has 5 heteroatoms. The molecule has 5 nitrogen and oxygen atoms in total. The highest BCUT2D eigenvalue weighted by atomic mass is 16.1. The lowest BCUT2D eigenvalue weighted by Crippen LogP contribution is -2.31. The summed E-state index contributed by atoms with van der Waals surface area (Å²) in [5, 5.41) is 2.77. The quantitative estimate of drug-likeness (QED) is 0.858. The third kappa shape index (κ3) is 2.91. The molecule has 0 saturated carbocycles. The van der Waals surface area contributed by atoms with Crippen LogP contribution in [0.1, 0.15) is 32.6 Å². The number of rotatable bonds is 3. The molecule has 2 rings (SSSR count). The second-order valence-electron chi connectivity index (χ2n) is 4.56. The number of pyridine rings is 1. The fourth-order valence-corrected chi connectivity index (χ4v) is 2.12. The number of nitrogens with zero attached hydrogens (tertiary/aromatic N) is 2. The van der Waals surface area contributed by atoms with Crippen LogP contribution >= 0.6 is 0 Å². The van der Waals surface area contributed by atoms with Crippen molar-refractivity contribution in [3.05, 3.63) is 12.1 Å². The molecule has 0 spiro atoms. The molecule has 1 amide bonds. The Morgan fingerprint density at radius 2 is 2.11 bits per heavy atom. The van der Waals surface area contributed by atoms with E-state index in [1.54, 1.807) is 6.07 Å². The van der Waals surface area contributed by atoms with Crippen molar-refractivity contribution in [2.75, 3.05) is 29.0 Å². The van der Waals surface area contributed by atoms with E-state index in [4.69, 9.17) is 5.73 Å². The van der Waals surface area contributed by atoms with E-state index in [2.05, 4.69) is 15.2 Å². The van der Waals surface area contributed by atoms with E-state index >= 15 is 0 Å². The summed E-state index contributed by atoms with van der Waals surface area (Å²) in [6, 6.07) is 3.55. The molecule has 18 heavy (non-hydrogen) atoms. The molecule has 2 heterocycles. The molecule has 1 aliphatic rings. The molecular formula is C13H20N4O. The third-order valence-electron chi connectivity index (χ3n) is 3.15. The number of aromatic nitrogens is 1. The Hall–Kier alpha value is -1.78. The number of amides is 1. The summed E-state index contributed by atoms with van der Waals surface area (Å²) in [5.74, 6) is 1.34. The van der Waals surface area contributed by atoms with Gasteiger partial charge in [-0.3, -0.25) is 4.79 Å². The van der Waals surface area contributed by atoms with Gasteiger partial charge < -0.3 is 16.0 Å². The lowest BCUT2D eigenvalue weighted by atomic mass is 10.1. The van der Waals surface area contributed by atoms with Gasteiger partial charge in [0.2, 0.25) is 5.91 Å². The molecular weight excluding hydrogens is 228 g/mol. The number of anilines is 3. The highest BCUT2D eigenvalue weighted by Gasteiger charge is 2.15. The van der Waals surface area contributed by atoms with Crippen LogP contribution in [0, 0.1) is 0 Å². The Morgan fingerprint density at radius 1 is 1.39 bits per heavy atom. The number of nitrogens with two attached hydrogens (primary N) is 1. The Kier molecular flexibility index (Phi) is 4.02. The Balaban J connectivity index is 2.17. The summed E-state index contributed by atoms with van der Waals surface area (Å²) in [6.45, 7) is 3.79. The molecule has 0 unspecified atom stereocenters. The molecule has 1 aliphatic heterocycles. The second-order valence-corrected chi connectivity index (χ2v) is 4.56. The summed E-state index contributed by atoms with van der Waals surface area (Å²) in [5.41, 5.74) is 6.64. The third-order valence-corrected chi connectivity index (χ3v) is 3.15. The first-order valence-electron chi connectivity index (χ1n) is 6.52. The van der Waals surface area contributed by atoms with Gasteiger partial charge in [0.15, 0.2) is 5.82 Å². The van der Waals surface area contributed by atoms with E-state index in [9.17, 15) is 4.79 Å². The van der Waals surface area contributed by atoms with Crippen LogP contribution in [0.4, 0.5) is 17.3 Å². The zero-order chi connectivity index (χ0) is 13.0. The van der Waals surface area contributed by atoms with Crippen LogP contribution in [0.15, 0.2) is 12.1 Å². The van der Waals surface area contributed by atoms with Gasteiger partial charge in [-0.25, -0.2) is 4.98 Å². The fourth-order valence-electron chi connectivity index (χ4n) is 2.12. The zero-order valence-electron chi connectivity index (χ0n) is 10.8. The molecule has 1 saturated heterocycles. The lowest BCUT2D eigenvalue weighted by molar-refractivity contribution is -0.115. The van der Waals surface area contributed by atoms with Crippen molar-refractivity contribution in [2.45, 2.75) is 32.6 Å². The van der Waals surface area contributed by atoms with E-state index in [1.165, 1.54) is 19.3 Å². The Bertz CT molecular complexity index is 427. The smallest absolute Gasteiger partial charge is 0.225 e. The van der Waals surface area contributed by atoms with E-state index < -0.39 is 0 Å². The summed E-state index contributed by atoms with van der Waals surface area (Å²) in [6.07, 6.45) is 4.06. The van der Waals surface area contributed by atoms with E-state index in [0.717, 1.165) is 18.9 Å². The summed E-state index contributed by atoms with van der Waals surface area (Å²) < 4.78 is 0. The molecule has 0 atom stereocenters. The predicted molar refractivity (Wildman–Crippen MR) is 73.6 cm³/mol. The predicted octanol–water partition coefficient (Wildman–Crippen LogP) is 2.00. The van der Waals surface area contributed by atoms with Crippen LogP contribution in [0.2, 0.25) is 0 Å². The van der Waals surface area contributed by atoms with Crippen LogP contribution in [-0.2, 0) is 4.79 Å². The maximum absolute atomic E-state index is 11.4. The number of hydrogen-bond acceptors (Lipinski definition) is 4. The average molecular weight is 248 g/mol. The number of piperidine rings is 1. The maximum atomic E-state index is 11.4. The molecule has 3 N–H and O–H groups in total. The second kappa shape index (κ2) is 5.71. The molecule has 1 aromatic rings. The molecule has 0 aromatic carbocycles. The van der Waals surface area contributed by atoms with Gasteiger partial charge >= 0.3 is 0 Å². The number of hydrogen-bond donors (Lipinski definition) is 2. The van der Waals surface area contributed by atoms with Gasteiger partial charge in [0.1, 0.15) is 5.82 Å². The van der Waals surface area contributed by atoms with E-state index in [1.807, 2.05) is 13.0 Å². The number of carbonyl (C=O) groups excluding carboxylic acids is 1. The zero-order valence-corrected chi connectivity index (χ0v) is 10.8. The first-order chi connectivity index (χ1) is 8.70. The van der Waals surface area contributed by atoms with Gasteiger partial charge in [-0.15, -0.1) is 0 Å². The minimum atomic E-state index is -0.0307. The van der Waals surface area contributed by atoms with Gasteiger partial charge in [-0.2, -0.15) is 0 Å². The largest absolute Gasteiger partial charge is 0.396 e. The van der Waals surface area contributed by atoms with E-state index in [-0.39, 0.29) is 5.91 Å². The summed E-state index contributed by atoms with van der Waals surface area (Å²) in [4.78, 5) is 18.0. The van der Waals surface area contributed by atoms with Crippen LogP contribution in [0.25, 0.3) is 0 Å². The number of nitrogen functional groups attached to an aromatic ring is 1. The first-order valence-corrected chi connectivity index (χ1v) is 6.52. The van der Waals surface area contributed by atoms with Gasteiger partial charge in [0.05, 0.1) is 5.69 Å². The fraction of sp³-hybridized carbons (Fsp3) is 0.538. The van der Waals surface area contributed by atoms with Gasteiger partial charge in [-0.05, 0) is 31.4 Å². The van der Waals surface area contributed by atoms with Crippen LogP contribution in [-0.4, -0.2) is 24.0 Å². The molecule has 1 fully saturated rings. The first kappa shape index (κ1) is 12.7. The van der Waals surface area contributed by atoms with Gasteiger partial charge in [0, 0.05) is 19.5 Å². The highest BCUT2D eigenvalue weighted by Crippen LogP contribution is 2.25. The Morgan fingerprint density at radius 3 is 2.78 bits per heavy atom. The van der Waals surface area contributed by atoms with Gasteiger partial charge in [0.25, 0.3) is 0 Å². The van der Waals surface area contributed by atoms with Crippen LogP contribution in [0.3, 0.4) is 0 Å². The van der Waals surface area contributed by atoms with Gasteiger partial charge in [-0.1, -0.05) is 6.92 Å².